The van der Waals surface area contributed by atoms with Crippen LogP contribution >= 0.6 is 0 Å². The number of fused-ring (bicyclic) bond motifs is 1. The first-order chi connectivity index (χ1) is 12.5. The van der Waals surface area contributed by atoms with E-state index in [1.807, 2.05) is 0 Å². The Labute approximate surface area is 156 Å². The predicted octanol–water partition coefficient (Wildman–Crippen LogP) is 4.08. The minimum atomic E-state index is 0.236. The summed E-state index contributed by atoms with van der Waals surface area (Å²) in [7, 11) is 0. The first-order valence-electron chi connectivity index (χ1n) is 9.90. The lowest BCUT2D eigenvalue weighted by molar-refractivity contribution is -0.137. The second-order valence-corrected chi connectivity index (χ2v) is 8.25. The van der Waals surface area contributed by atoms with E-state index in [4.69, 9.17) is 4.98 Å². The number of anilines is 1. The number of piperidine rings is 2. The number of carbonyl (C=O) groups excluding carboxylic acids is 1. The number of likely N-dealkylation sites (tertiary alicyclic amines) is 1. The summed E-state index contributed by atoms with van der Waals surface area (Å²) in [6.07, 6.45) is 4.12. The Balaban J connectivity index is 1.63. The Hall–Kier alpha value is -2.10. The number of pyridine rings is 1. The lowest BCUT2D eigenvalue weighted by Crippen LogP contribution is -2.54. The Morgan fingerprint density at radius 1 is 1.15 bits per heavy atom. The van der Waals surface area contributed by atoms with E-state index in [-0.39, 0.29) is 5.41 Å². The van der Waals surface area contributed by atoms with Gasteiger partial charge in [-0.3, -0.25) is 4.79 Å². The number of benzene rings is 1. The van der Waals surface area contributed by atoms with Crippen molar-refractivity contribution in [1.29, 1.82) is 0 Å². The van der Waals surface area contributed by atoms with Gasteiger partial charge < -0.3 is 9.80 Å². The molecule has 1 spiro atoms. The summed E-state index contributed by atoms with van der Waals surface area (Å²) < 4.78 is 0. The zero-order chi connectivity index (χ0) is 18.3. The maximum atomic E-state index is 12.1. The second kappa shape index (κ2) is 6.57. The molecule has 0 saturated carbocycles. The smallest absolute Gasteiger partial charge is 0.222 e. The van der Waals surface area contributed by atoms with E-state index in [0.29, 0.717) is 12.3 Å². The number of rotatable bonds is 2. The van der Waals surface area contributed by atoms with Crippen molar-refractivity contribution in [2.24, 2.45) is 5.41 Å². The van der Waals surface area contributed by atoms with Crippen molar-refractivity contribution >= 4 is 22.6 Å². The van der Waals surface area contributed by atoms with Gasteiger partial charge in [-0.2, -0.15) is 0 Å². The molecule has 0 aliphatic carbocycles. The molecule has 1 amide bonds. The number of aromatic nitrogens is 1. The third-order valence-electron chi connectivity index (χ3n) is 6.27. The standard InChI is InChI=1S/C22H29N3O/c1-4-24-14-22(10-8-21(24)26)9-5-11-25(15-22)20-13-17(3)18-12-16(2)6-7-19(18)23-20/h6-7,12-13H,4-5,8-11,14-15H2,1-3H3/t22-/m0/s1. The maximum absolute atomic E-state index is 12.1. The van der Waals surface area contributed by atoms with Crippen LogP contribution in [0, 0.1) is 19.3 Å². The Kier molecular flexibility index (Phi) is 4.37. The maximum Gasteiger partial charge on any atom is 0.222 e. The normalized spacial score (nSPS) is 23.9. The van der Waals surface area contributed by atoms with Crippen molar-refractivity contribution in [3.63, 3.8) is 0 Å². The Morgan fingerprint density at radius 3 is 2.81 bits per heavy atom. The zero-order valence-electron chi connectivity index (χ0n) is 16.2. The lowest BCUT2D eigenvalue weighted by atomic mass is 9.73. The molecule has 4 nitrogen and oxygen atoms in total. The molecule has 2 fully saturated rings. The Morgan fingerprint density at radius 2 is 2.00 bits per heavy atom. The molecule has 0 radical (unpaired) electrons. The van der Waals surface area contributed by atoms with Crippen molar-refractivity contribution in [2.75, 3.05) is 31.1 Å². The fourth-order valence-corrected chi connectivity index (χ4v) is 4.78. The highest BCUT2D eigenvalue weighted by Gasteiger charge is 2.41. The highest BCUT2D eigenvalue weighted by atomic mass is 16.2. The van der Waals surface area contributed by atoms with Gasteiger partial charge in [0.1, 0.15) is 5.82 Å². The highest BCUT2D eigenvalue weighted by molar-refractivity contribution is 5.84. The van der Waals surface area contributed by atoms with Gasteiger partial charge in [0, 0.05) is 43.4 Å². The van der Waals surface area contributed by atoms with Crippen LogP contribution in [-0.4, -0.2) is 42.0 Å². The van der Waals surface area contributed by atoms with Crippen molar-refractivity contribution in [3.05, 3.63) is 35.4 Å². The number of hydrogen-bond donors (Lipinski definition) is 0. The summed E-state index contributed by atoms with van der Waals surface area (Å²) in [6, 6.07) is 8.75. The van der Waals surface area contributed by atoms with Crippen molar-refractivity contribution < 1.29 is 4.79 Å². The van der Waals surface area contributed by atoms with Crippen LogP contribution in [-0.2, 0) is 4.79 Å². The van der Waals surface area contributed by atoms with E-state index in [1.165, 1.54) is 29.4 Å². The van der Waals surface area contributed by atoms with Crippen LogP contribution in [0.3, 0.4) is 0 Å². The summed E-state index contributed by atoms with van der Waals surface area (Å²) in [6.45, 7) is 10.2. The first kappa shape index (κ1) is 17.3. The van der Waals surface area contributed by atoms with Crippen molar-refractivity contribution in [2.45, 2.75) is 46.5 Å². The van der Waals surface area contributed by atoms with E-state index in [0.717, 1.165) is 43.9 Å². The first-order valence-corrected chi connectivity index (χ1v) is 9.90. The molecule has 4 rings (SSSR count). The second-order valence-electron chi connectivity index (χ2n) is 8.25. The highest BCUT2D eigenvalue weighted by Crippen LogP contribution is 2.40. The van der Waals surface area contributed by atoms with Gasteiger partial charge in [0.2, 0.25) is 5.91 Å². The summed E-state index contributed by atoms with van der Waals surface area (Å²) in [5.41, 5.74) is 3.89. The van der Waals surface area contributed by atoms with Gasteiger partial charge in [0.05, 0.1) is 5.52 Å². The number of aryl methyl sites for hydroxylation is 2. The SMILES string of the molecule is CCN1C[C@]2(CCCN(c3cc(C)c4cc(C)ccc4n3)C2)CCC1=O. The van der Waals surface area contributed by atoms with Crippen LogP contribution in [0.2, 0.25) is 0 Å². The van der Waals surface area contributed by atoms with Gasteiger partial charge in [-0.1, -0.05) is 11.6 Å². The van der Waals surface area contributed by atoms with Crippen molar-refractivity contribution in [3.8, 4) is 0 Å². The van der Waals surface area contributed by atoms with Crippen LogP contribution in [0.5, 0.6) is 0 Å². The van der Waals surface area contributed by atoms with Gasteiger partial charge in [-0.25, -0.2) is 4.98 Å². The van der Waals surface area contributed by atoms with E-state index < -0.39 is 0 Å². The summed E-state index contributed by atoms with van der Waals surface area (Å²) >= 11 is 0. The Bertz CT molecular complexity index is 847. The third kappa shape index (κ3) is 3.06. The van der Waals surface area contributed by atoms with Gasteiger partial charge in [0.15, 0.2) is 0 Å². The number of amides is 1. The summed E-state index contributed by atoms with van der Waals surface area (Å²) in [5, 5.41) is 1.25. The molecule has 1 atom stereocenters. The van der Waals surface area contributed by atoms with Crippen LogP contribution in [0.4, 0.5) is 5.82 Å². The lowest BCUT2D eigenvalue weighted by Gasteiger charge is -2.48. The molecule has 2 aliphatic rings. The van der Waals surface area contributed by atoms with Crippen LogP contribution in [0.25, 0.3) is 10.9 Å². The van der Waals surface area contributed by atoms with Crippen molar-refractivity contribution in [1.82, 2.24) is 9.88 Å². The molecule has 1 aromatic heterocycles. The number of carbonyl (C=O) groups is 1. The summed E-state index contributed by atoms with van der Waals surface area (Å²) in [4.78, 5) is 21.6. The van der Waals surface area contributed by atoms with Crippen LogP contribution in [0.1, 0.15) is 43.7 Å². The van der Waals surface area contributed by atoms with E-state index in [1.54, 1.807) is 0 Å². The summed E-state index contributed by atoms with van der Waals surface area (Å²) in [5.74, 6) is 1.42. The van der Waals surface area contributed by atoms with Gasteiger partial charge in [0.25, 0.3) is 0 Å². The van der Waals surface area contributed by atoms with Gasteiger partial charge in [-0.05, 0) is 63.8 Å². The molecule has 2 aromatic rings. The monoisotopic (exact) mass is 351 g/mol. The molecule has 2 aliphatic heterocycles. The molecule has 138 valence electrons. The predicted molar refractivity (Wildman–Crippen MR) is 107 cm³/mol. The zero-order valence-corrected chi connectivity index (χ0v) is 16.2. The molecule has 26 heavy (non-hydrogen) atoms. The minimum absolute atomic E-state index is 0.236. The molecule has 0 N–H and O–H groups in total. The number of nitrogens with zero attached hydrogens (tertiary/aromatic N) is 3. The molecule has 4 heteroatoms. The molecular weight excluding hydrogens is 322 g/mol. The molecule has 0 unspecified atom stereocenters. The molecular formula is C22H29N3O. The molecule has 3 heterocycles. The van der Waals surface area contributed by atoms with E-state index in [2.05, 4.69) is 54.8 Å². The van der Waals surface area contributed by atoms with Crippen LogP contribution < -0.4 is 4.90 Å². The van der Waals surface area contributed by atoms with Crippen LogP contribution in [0.15, 0.2) is 24.3 Å². The van der Waals surface area contributed by atoms with Gasteiger partial charge in [-0.15, -0.1) is 0 Å². The van der Waals surface area contributed by atoms with E-state index in [9.17, 15) is 4.79 Å². The number of hydrogen-bond acceptors (Lipinski definition) is 3. The molecule has 0 bridgehead atoms. The minimum Gasteiger partial charge on any atom is -0.356 e. The van der Waals surface area contributed by atoms with Gasteiger partial charge >= 0.3 is 0 Å². The fourth-order valence-electron chi connectivity index (χ4n) is 4.78. The largest absolute Gasteiger partial charge is 0.356 e. The quantitative estimate of drug-likeness (QED) is 0.818. The molecule has 2 saturated heterocycles. The third-order valence-corrected chi connectivity index (χ3v) is 6.27. The molecule has 1 aromatic carbocycles. The topological polar surface area (TPSA) is 36.4 Å². The fraction of sp³-hybridized carbons (Fsp3) is 0.545. The van der Waals surface area contributed by atoms with E-state index >= 15 is 0 Å². The average Bonchev–Trinajstić information content (AvgIpc) is 2.64. The average molecular weight is 351 g/mol.